The van der Waals surface area contributed by atoms with E-state index in [1.54, 1.807) is 0 Å². The van der Waals surface area contributed by atoms with E-state index in [0.29, 0.717) is 11.4 Å². The number of anilines is 1. The van der Waals surface area contributed by atoms with Crippen LogP contribution in [0.4, 0.5) is 5.69 Å². The molecule has 5 heteroatoms. The van der Waals surface area contributed by atoms with Crippen molar-refractivity contribution in [3.05, 3.63) is 65.2 Å². The number of piperidine rings is 1. The van der Waals surface area contributed by atoms with Gasteiger partial charge in [-0.1, -0.05) is 41.9 Å². The zero-order valence-corrected chi connectivity index (χ0v) is 15.0. The van der Waals surface area contributed by atoms with Crippen molar-refractivity contribution in [3.8, 4) is 0 Å². The molecule has 4 nitrogen and oxygen atoms in total. The minimum absolute atomic E-state index is 0.266. The maximum atomic E-state index is 11.6. The summed E-state index contributed by atoms with van der Waals surface area (Å²) in [6.45, 7) is 2.81. The zero-order chi connectivity index (χ0) is 17.7. The summed E-state index contributed by atoms with van der Waals surface area (Å²) in [6, 6.07) is 18.1. The second-order valence-corrected chi connectivity index (χ2v) is 7.25. The third-order valence-electron chi connectivity index (χ3n) is 4.83. The number of likely N-dealkylation sites (tertiary alicyclic amines) is 1. The number of halogens is 1. The quantitative estimate of drug-likeness (QED) is 0.829. The highest BCUT2D eigenvalue weighted by atomic mass is 35.5. The summed E-state index contributed by atoms with van der Waals surface area (Å²) in [5, 5.41) is 4.25. The van der Waals surface area contributed by atoms with Gasteiger partial charge in [0.1, 0.15) is 0 Å². The molecule has 1 amide bonds. The topological polar surface area (TPSA) is 58.4 Å². The molecule has 1 aliphatic heterocycles. The van der Waals surface area contributed by atoms with Gasteiger partial charge in [0.15, 0.2) is 0 Å². The van der Waals surface area contributed by atoms with Crippen molar-refractivity contribution in [1.29, 1.82) is 0 Å². The van der Waals surface area contributed by atoms with Crippen LogP contribution in [0.1, 0.15) is 24.8 Å². The monoisotopic (exact) mass is 357 g/mol. The van der Waals surface area contributed by atoms with Gasteiger partial charge < -0.3 is 11.1 Å². The molecular formula is C20H24ClN3O. The molecule has 1 aliphatic rings. The van der Waals surface area contributed by atoms with Crippen LogP contribution in [0.2, 0.25) is 5.02 Å². The minimum atomic E-state index is -0.285. The van der Waals surface area contributed by atoms with Crippen molar-refractivity contribution in [2.24, 2.45) is 5.73 Å². The highest BCUT2D eigenvalue weighted by molar-refractivity contribution is 6.30. The van der Waals surface area contributed by atoms with Crippen molar-refractivity contribution in [2.45, 2.75) is 31.3 Å². The average molecular weight is 358 g/mol. The highest BCUT2D eigenvalue weighted by Gasteiger charge is 2.36. The van der Waals surface area contributed by atoms with Gasteiger partial charge in [0.2, 0.25) is 5.91 Å². The van der Waals surface area contributed by atoms with Gasteiger partial charge in [0.05, 0.1) is 0 Å². The molecule has 0 bridgehead atoms. The molecule has 0 aliphatic carbocycles. The molecule has 1 saturated heterocycles. The lowest BCUT2D eigenvalue weighted by Gasteiger charge is -2.42. The Morgan fingerprint density at radius 2 is 1.72 bits per heavy atom. The molecule has 25 heavy (non-hydrogen) atoms. The lowest BCUT2D eigenvalue weighted by atomic mass is 9.83. The number of nitrogens with one attached hydrogen (secondary N) is 1. The van der Waals surface area contributed by atoms with Crippen LogP contribution in [-0.4, -0.2) is 29.4 Å². The van der Waals surface area contributed by atoms with Gasteiger partial charge in [-0.2, -0.15) is 0 Å². The summed E-state index contributed by atoms with van der Waals surface area (Å²) in [4.78, 5) is 14.1. The molecular weight excluding hydrogens is 334 g/mol. The van der Waals surface area contributed by atoms with Crippen LogP contribution < -0.4 is 11.1 Å². The number of hydrogen-bond donors (Lipinski definition) is 2. The Hall–Kier alpha value is -2.04. The molecule has 0 spiro atoms. The summed E-state index contributed by atoms with van der Waals surface area (Å²) in [5.74, 6) is -0.266. The fourth-order valence-electron chi connectivity index (χ4n) is 3.50. The summed E-state index contributed by atoms with van der Waals surface area (Å²) in [6.07, 6.45) is 2.10. The number of hydrogen-bond acceptors (Lipinski definition) is 3. The van der Waals surface area contributed by atoms with Gasteiger partial charge in [-0.15, -0.1) is 0 Å². The third-order valence-corrected chi connectivity index (χ3v) is 5.08. The molecule has 1 fully saturated rings. The van der Waals surface area contributed by atoms with Crippen molar-refractivity contribution in [2.75, 3.05) is 18.4 Å². The Kier molecular flexibility index (Phi) is 5.61. The summed E-state index contributed by atoms with van der Waals surface area (Å²) < 4.78 is 0. The summed E-state index contributed by atoms with van der Waals surface area (Å²) in [5.41, 5.74) is 7.54. The van der Waals surface area contributed by atoms with Crippen LogP contribution in [0.15, 0.2) is 54.6 Å². The maximum absolute atomic E-state index is 11.6. The first kappa shape index (κ1) is 17.8. The number of nitrogens with two attached hydrogens (primary N) is 1. The maximum Gasteiger partial charge on any atom is 0.219 e. The lowest BCUT2D eigenvalue weighted by molar-refractivity contribution is -0.119. The Bertz CT molecular complexity index is 695. The highest BCUT2D eigenvalue weighted by Crippen LogP contribution is 2.31. The molecule has 3 rings (SSSR count). The SMILES string of the molecule is NC(=O)CC1(Nc2ccc(Cl)cc2)CCN(Cc2ccccc2)CC1. The fraction of sp³-hybridized carbons (Fsp3) is 0.350. The van der Waals surface area contributed by atoms with E-state index in [0.717, 1.165) is 38.2 Å². The van der Waals surface area contributed by atoms with Crippen molar-refractivity contribution in [3.63, 3.8) is 0 Å². The first-order valence-electron chi connectivity index (χ1n) is 8.63. The van der Waals surface area contributed by atoms with Crippen LogP contribution in [0.3, 0.4) is 0 Å². The van der Waals surface area contributed by atoms with Crippen LogP contribution in [0.5, 0.6) is 0 Å². The summed E-state index contributed by atoms with van der Waals surface area (Å²) in [7, 11) is 0. The molecule has 2 aromatic rings. The number of primary amides is 1. The Morgan fingerprint density at radius 3 is 2.32 bits per heavy atom. The molecule has 0 radical (unpaired) electrons. The molecule has 2 aromatic carbocycles. The van der Waals surface area contributed by atoms with Crippen molar-refractivity contribution >= 4 is 23.2 Å². The van der Waals surface area contributed by atoms with Gasteiger partial charge in [-0.25, -0.2) is 0 Å². The number of rotatable bonds is 6. The molecule has 3 N–H and O–H groups in total. The third kappa shape index (κ3) is 4.97. The Morgan fingerprint density at radius 1 is 1.08 bits per heavy atom. The molecule has 132 valence electrons. The number of amides is 1. The van der Waals surface area contributed by atoms with E-state index >= 15 is 0 Å². The lowest BCUT2D eigenvalue weighted by Crippen LogP contribution is -2.51. The van der Waals surface area contributed by atoms with E-state index in [1.165, 1.54) is 5.56 Å². The zero-order valence-electron chi connectivity index (χ0n) is 14.2. The first-order chi connectivity index (χ1) is 12.0. The van der Waals surface area contributed by atoms with E-state index in [4.69, 9.17) is 17.3 Å². The molecule has 0 atom stereocenters. The Labute approximate surface area is 154 Å². The smallest absolute Gasteiger partial charge is 0.219 e. The number of nitrogens with zero attached hydrogens (tertiary/aromatic N) is 1. The standard InChI is InChI=1S/C20H24ClN3O/c21-17-6-8-18(9-7-17)23-20(14-19(22)25)10-12-24(13-11-20)15-16-4-2-1-3-5-16/h1-9,23H,10-15H2,(H2,22,25). The molecule has 0 saturated carbocycles. The molecule has 0 aromatic heterocycles. The minimum Gasteiger partial charge on any atom is -0.379 e. The van der Waals surface area contributed by atoms with Crippen LogP contribution in [0.25, 0.3) is 0 Å². The van der Waals surface area contributed by atoms with Crippen LogP contribution >= 0.6 is 11.6 Å². The largest absolute Gasteiger partial charge is 0.379 e. The molecule has 1 heterocycles. The predicted molar refractivity (Wildman–Crippen MR) is 103 cm³/mol. The molecule has 0 unspecified atom stereocenters. The second kappa shape index (κ2) is 7.89. The second-order valence-electron chi connectivity index (χ2n) is 6.82. The van der Waals surface area contributed by atoms with Gasteiger partial charge in [-0.3, -0.25) is 9.69 Å². The normalized spacial score (nSPS) is 17.2. The van der Waals surface area contributed by atoms with Crippen molar-refractivity contribution in [1.82, 2.24) is 4.90 Å². The van der Waals surface area contributed by atoms with Crippen LogP contribution in [0, 0.1) is 0 Å². The van der Waals surface area contributed by atoms with Gasteiger partial charge in [0.25, 0.3) is 0 Å². The Balaban J connectivity index is 1.66. The van der Waals surface area contributed by atoms with E-state index < -0.39 is 0 Å². The predicted octanol–water partition coefficient (Wildman–Crippen LogP) is 3.66. The van der Waals surface area contributed by atoms with Crippen LogP contribution in [-0.2, 0) is 11.3 Å². The number of benzene rings is 2. The van der Waals surface area contributed by atoms with Crippen molar-refractivity contribution < 1.29 is 4.79 Å². The van der Waals surface area contributed by atoms with Gasteiger partial charge >= 0.3 is 0 Å². The van der Waals surface area contributed by atoms with E-state index in [-0.39, 0.29) is 11.4 Å². The number of carbonyl (C=O) groups excluding carboxylic acids is 1. The summed E-state index contributed by atoms with van der Waals surface area (Å²) >= 11 is 5.96. The van der Waals surface area contributed by atoms with E-state index in [2.05, 4.69) is 34.5 Å². The van der Waals surface area contributed by atoms with E-state index in [1.807, 2.05) is 30.3 Å². The van der Waals surface area contributed by atoms with E-state index in [9.17, 15) is 4.79 Å². The van der Waals surface area contributed by atoms with Gasteiger partial charge in [-0.05, 0) is 42.7 Å². The first-order valence-corrected chi connectivity index (χ1v) is 9.01. The number of carbonyl (C=O) groups is 1. The van der Waals surface area contributed by atoms with Gasteiger partial charge in [0, 0.05) is 42.3 Å². The average Bonchev–Trinajstić information content (AvgIpc) is 2.60. The fourth-order valence-corrected chi connectivity index (χ4v) is 3.63.